The SMILES string of the molecule is CCCNC(c1cccc(Br)c1C)C(C)C. The number of hydrogen-bond donors (Lipinski definition) is 1. The highest BCUT2D eigenvalue weighted by Gasteiger charge is 2.17. The van der Waals surface area contributed by atoms with Crippen LogP contribution in [0.25, 0.3) is 0 Å². The molecule has 0 fully saturated rings. The van der Waals surface area contributed by atoms with Gasteiger partial charge >= 0.3 is 0 Å². The van der Waals surface area contributed by atoms with E-state index in [0.717, 1.165) is 6.54 Å². The fourth-order valence-corrected chi connectivity index (χ4v) is 2.35. The molecule has 0 aromatic heterocycles. The van der Waals surface area contributed by atoms with Gasteiger partial charge in [-0.05, 0) is 43.0 Å². The fraction of sp³-hybridized carbons (Fsp3) is 0.571. The van der Waals surface area contributed by atoms with Gasteiger partial charge in [0, 0.05) is 10.5 Å². The van der Waals surface area contributed by atoms with Crippen LogP contribution in [0.3, 0.4) is 0 Å². The van der Waals surface area contributed by atoms with Crippen molar-refractivity contribution < 1.29 is 0 Å². The summed E-state index contributed by atoms with van der Waals surface area (Å²) in [6.45, 7) is 10.0. The molecular formula is C14H22BrN. The Bertz CT molecular complexity index is 334. The first-order chi connectivity index (χ1) is 7.57. The van der Waals surface area contributed by atoms with Crippen LogP contribution in [0.5, 0.6) is 0 Å². The largest absolute Gasteiger partial charge is 0.310 e. The lowest BCUT2D eigenvalue weighted by molar-refractivity contribution is 0.411. The van der Waals surface area contributed by atoms with Gasteiger partial charge in [0.05, 0.1) is 0 Å². The maximum atomic E-state index is 3.63. The molecule has 16 heavy (non-hydrogen) atoms. The van der Waals surface area contributed by atoms with Gasteiger partial charge in [-0.2, -0.15) is 0 Å². The Kier molecular flexibility index (Phi) is 5.50. The van der Waals surface area contributed by atoms with Crippen molar-refractivity contribution in [2.24, 2.45) is 5.92 Å². The van der Waals surface area contributed by atoms with E-state index in [1.54, 1.807) is 0 Å². The first-order valence-electron chi connectivity index (χ1n) is 6.06. The third kappa shape index (κ3) is 3.33. The van der Waals surface area contributed by atoms with E-state index in [1.807, 2.05) is 0 Å². The summed E-state index contributed by atoms with van der Waals surface area (Å²) in [5.41, 5.74) is 2.77. The van der Waals surface area contributed by atoms with Crippen LogP contribution in [0, 0.1) is 12.8 Å². The van der Waals surface area contributed by atoms with Crippen LogP contribution in [-0.2, 0) is 0 Å². The van der Waals surface area contributed by atoms with Crippen LogP contribution in [0.1, 0.15) is 44.4 Å². The van der Waals surface area contributed by atoms with Gasteiger partial charge in [0.15, 0.2) is 0 Å². The van der Waals surface area contributed by atoms with Gasteiger partial charge in [0.25, 0.3) is 0 Å². The summed E-state index contributed by atoms with van der Waals surface area (Å²) in [6, 6.07) is 6.91. The molecule has 1 unspecified atom stereocenters. The van der Waals surface area contributed by atoms with E-state index in [4.69, 9.17) is 0 Å². The van der Waals surface area contributed by atoms with Gasteiger partial charge < -0.3 is 5.32 Å². The van der Waals surface area contributed by atoms with Crippen LogP contribution in [0.2, 0.25) is 0 Å². The summed E-state index contributed by atoms with van der Waals surface area (Å²) < 4.78 is 1.20. The molecule has 0 spiro atoms. The highest BCUT2D eigenvalue weighted by Crippen LogP contribution is 2.28. The first-order valence-corrected chi connectivity index (χ1v) is 6.85. The zero-order valence-electron chi connectivity index (χ0n) is 10.7. The zero-order valence-corrected chi connectivity index (χ0v) is 12.3. The minimum Gasteiger partial charge on any atom is -0.310 e. The smallest absolute Gasteiger partial charge is 0.0346 e. The van der Waals surface area contributed by atoms with Crippen molar-refractivity contribution in [1.82, 2.24) is 5.32 Å². The third-order valence-electron chi connectivity index (χ3n) is 2.93. The summed E-state index contributed by atoms with van der Waals surface area (Å²) in [6.07, 6.45) is 1.18. The Morgan fingerprint density at radius 3 is 2.56 bits per heavy atom. The fourth-order valence-electron chi connectivity index (χ4n) is 1.97. The van der Waals surface area contributed by atoms with Crippen LogP contribution in [0.15, 0.2) is 22.7 Å². The molecule has 0 heterocycles. The lowest BCUT2D eigenvalue weighted by Gasteiger charge is -2.25. The average Bonchev–Trinajstić information content (AvgIpc) is 2.24. The number of hydrogen-bond acceptors (Lipinski definition) is 1. The second-order valence-electron chi connectivity index (χ2n) is 4.63. The van der Waals surface area contributed by atoms with Gasteiger partial charge in [0.1, 0.15) is 0 Å². The van der Waals surface area contributed by atoms with Crippen LogP contribution in [0.4, 0.5) is 0 Å². The van der Waals surface area contributed by atoms with Crippen molar-refractivity contribution in [3.8, 4) is 0 Å². The van der Waals surface area contributed by atoms with E-state index >= 15 is 0 Å². The summed E-state index contributed by atoms with van der Waals surface area (Å²) >= 11 is 3.60. The molecule has 90 valence electrons. The van der Waals surface area contributed by atoms with Gasteiger partial charge in [-0.15, -0.1) is 0 Å². The number of benzene rings is 1. The topological polar surface area (TPSA) is 12.0 Å². The molecule has 0 radical (unpaired) electrons. The van der Waals surface area contributed by atoms with Crippen molar-refractivity contribution in [2.75, 3.05) is 6.54 Å². The normalized spacial score (nSPS) is 13.1. The molecular weight excluding hydrogens is 262 g/mol. The number of halogens is 1. The molecule has 2 heteroatoms. The molecule has 0 bridgehead atoms. The van der Waals surface area contributed by atoms with Crippen molar-refractivity contribution in [3.63, 3.8) is 0 Å². The second kappa shape index (κ2) is 6.41. The maximum Gasteiger partial charge on any atom is 0.0346 e. The molecule has 1 aromatic rings. The first kappa shape index (κ1) is 13.7. The predicted molar refractivity (Wildman–Crippen MR) is 74.8 cm³/mol. The molecule has 1 rings (SSSR count). The molecule has 0 aliphatic carbocycles. The van der Waals surface area contributed by atoms with Crippen LogP contribution >= 0.6 is 15.9 Å². The minimum absolute atomic E-state index is 0.456. The van der Waals surface area contributed by atoms with E-state index in [-0.39, 0.29) is 0 Å². The molecule has 0 saturated carbocycles. The zero-order chi connectivity index (χ0) is 12.1. The predicted octanol–water partition coefficient (Wildman–Crippen LogP) is 4.45. The van der Waals surface area contributed by atoms with E-state index in [2.05, 4.69) is 67.1 Å². The Hall–Kier alpha value is -0.340. The van der Waals surface area contributed by atoms with E-state index in [1.165, 1.54) is 22.0 Å². The summed E-state index contributed by atoms with van der Waals surface area (Å²) in [4.78, 5) is 0. The van der Waals surface area contributed by atoms with Crippen molar-refractivity contribution in [3.05, 3.63) is 33.8 Å². The minimum atomic E-state index is 0.456. The lowest BCUT2D eigenvalue weighted by Crippen LogP contribution is -2.27. The Balaban J connectivity index is 2.96. The molecule has 1 aromatic carbocycles. The van der Waals surface area contributed by atoms with Gasteiger partial charge in [-0.25, -0.2) is 0 Å². The number of nitrogens with one attached hydrogen (secondary N) is 1. The van der Waals surface area contributed by atoms with E-state index in [0.29, 0.717) is 12.0 Å². The molecule has 0 aliphatic heterocycles. The molecule has 1 nitrogen and oxygen atoms in total. The standard InChI is InChI=1S/C14H22BrN/c1-5-9-16-14(10(2)3)12-7-6-8-13(15)11(12)4/h6-8,10,14,16H,5,9H2,1-4H3. The average molecular weight is 284 g/mol. The van der Waals surface area contributed by atoms with Crippen molar-refractivity contribution in [2.45, 2.75) is 40.2 Å². The summed E-state index contributed by atoms with van der Waals surface area (Å²) in [5, 5.41) is 3.63. The van der Waals surface area contributed by atoms with Crippen LogP contribution < -0.4 is 5.32 Å². The molecule has 0 amide bonds. The van der Waals surface area contributed by atoms with E-state index in [9.17, 15) is 0 Å². The van der Waals surface area contributed by atoms with Crippen molar-refractivity contribution in [1.29, 1.82) is 0 Å². The van der Waals surface area contributed by atoms with Crippen LogP contribution in [-0.4, -0.2) is 6.54 Å². The third-order valence-corrected chi connectivity index (χ3v) is 3.78. The quantitative estimate of drug-likeness (QED) is 0.842. The van der Waals surface area contributed by atoms with Gasteiger partial charge in [-0.1, -0.05) is 48.8 Å². The Labute approximate surface area is 108 Å². The molecule has 1 N–H and O–H groups in total. The monoisotopic (exact) mass is 283 g/mol. The van der Waals surface area contributed by atoms with E-state index < -0.39 is 0 Å². The maximum absolute atomic E-state index is 3.63. The molecule has 0 aliphatic rings. The van der Waals surface area contributed by atoms with Crippen molar-refractivity contribution >= 4 is 15.9 Å². The number of rotatable bonds is 5. The lowest BCUT2D eigenvalue weighted by atomic mass is 9.92. The highest BCUT2D eigenvalue weighted by molar-refractivity contribution is 9.10. The second-order valence-corrected chi connectivity index (χ2v) is 5.48. The van der Waals surface area contributed by atoms with Gasteiger partial charge in [-0.3, -0.25) is 0 Å². The summed E-state index contributed by atoms with van der Waals surface area (Å²) in [7, 11) is 0. The Morgan fingerprint density at radius 1 is 1.31 bits per heavy atom. The molecule has 1 atom stereocenters. The summed E-state index contributed by atoms with van der Waals surface area (Å²) in [5.74, 6) is 0.611. The highest BCUT2D eigenvalue weighted by atomic mass is 79.9. The molecule has 0 saturated heterocycles. The van der Waals surface area contributed by atoms with Gasteiger partial charge in [0.2, 0.25) is 0 Å². The Morgan fingerprint density at radius 2 is 2.00 bits per heavy atom.